The first-order valence-electron chi connectivity index (χ1n) is 6.38. The van der Waals surface area contributed by atoms with E-state index < -0.39 is 0 Å². The molecule has 0 aliphatic heterocycles. The zero-order valence-electron chi connectivity index (χ0n) is 10.6. The van der Waals surface area contributed by atoms with Crippen molar-refractivity contribution in [3.8, 4) is 11.6 Å². The molecule has 0 saturated heterocycles. The number of hydrogen-bond acceptors (Lipinski definition) is 4. The van der Waals surface area contributed by atoms with E-state index in [1.807, 2.05) is 18.2 Å². The molecule has 1 heterocycles. The molecule has 0 spiro atoms. The lowest BCUT2D eigenvalue weighted by Crippen LogP contribution is -2.16. The minimum atomic E-state index is 0.503. The van der Waals surface area contributed by atoms with Crippen LogP contribution in [0.2, 0.25) is 0 Å². The van der Waals surface area contributed by atoms with Crippen LogP contribution in [0, 0.1) is 0 Å². The van der Waals surface area contributed by atoms with Gasteiger partial charge in [0, 0.05) is 23.3 Å². The smallest absolute Gasteiger partial charge is 0.238 e. The van der Waals surface area contributed by atoms with Gasteiger partial charge in [-0.1, -0.05) is 15.9 Å². The summed E-state index contributed by atoms with van der Waals surface area (Å²) in [6.07, 6.45) is 5.90. The fourth-order valence-electron chi connectivity index (χ4n) is 1.73. The summed E-state index contributed by atoms with van der Waals surface area (Å²) in [7, 11) is 0. The maximum Gasteiger partial charge on any atom is 0.238 e. The van der Waals surface area contributed by atoms with Crippen molar-refractivity contribution in [2.75, 3.05) is 0 Å². The zero-order valence-corrected chi connectivity index (χ0v) is 13.8. The Labute approximate surface area is 134 Å². The van der Waals surface area contributed by atoms with Crippen molar-refractivity contribution in [1.29, 1.82) is 0 Å². The highest BCUT2D eigenvalue weighted by molar-refractivity contribution is 9.11. The minimum Gasteiger partial charge on any atom is -0.436 e. The predicted molar refractivity (Wildman–Crippen MR) is 83.8 cm³/mol. The third-order valence-corrected chi connectivity index (χ3v) is 4.03. The van der Waals surface area contributed by atoms with Gasteiger partial charge in [0.05, 0.1) is 16.4 Å². The molecule has 6 heteroatoms. The number of aromatic nitrogens is 2. The van der Waals surface area contributed by atoms with Crippen LogP contribution in [-0.2, 0) is 6.54 Å². The van der Waals surface area contributed by atoms with E-state index in [4.69, 9.17) is 4.74 Å². The first kappa shape index (κ1) is 14.0. The summed E-state index contributed by atoms with van der Waals surface area (Å²) in [5.74, 6) is 1.22. The topological polar surface area (TPSA) is 47.0 Å². The molecule has 1 aliphatic carbocycles. The monoisotopic (exact) mass is 397 g/mol. The Morgan fingerprint density at radius 2 is 2.10 bits per heavy atom. The lowest BCUT2D eigenvalue weighted by atomic mass is 10.3. The van der Waals surface area contributed by atoms with Crippen molar-refractivity contribution >= 4 is 31.9 Å². The van der Waals surface area contributed by atoms with E-state index in [1.165, 1.54) is 12.8 Å². The Hall–Kier alpha value is -0.980. The van der Waals surface area contributed by atoms with Gasteiger partial charge >= 0.3 is 0 Å². The molecule has 0 atom stereocenters. The van der Waals surface area contributed by atoms with E-state index in [0.717, 1.165) is 26.9 Å². The second kappa shape index (κ2) is 6.20. The minimum absolute atomic E-state index is 0.503. The maximum absolute atomic E-state index is 5.76. The quantitative estimate of drug-likeness (QED) is 0.825. The molecule has 4 nitrogen and oxygen atoms in total. The number of nitrogens with zero attached hydrogens (tertiary/aromatic N) is 2. The molecule has 3 rings (SSSR count). The lowest BCUT2D eigenvalue weighted by Gasteiger charge is -2.08. The van der Waals surface area contributed by atoms with Gasteiger partial charge in [0.15, 0.2) is 0 Å². The standard InChI is InChI=1S/C14H13Br2N3O/c15-9-1-4-13(12(16)5-9)20-14-8-17-6-11(19-14)7-18-10-2-3-10/h1,4-6,8,10,18H,2-3,7H2. The molecule has 0 bridgehead atoms. The summed E-state index contributed by atoms with van der Waals surface area (Å²) in [4.78, 5) is 8.63. The fourth-order valence-corrected chi connectivity index (χ4v) is 2.86. The summed E-state index contributed by atoms with van der Waals surface area (Å²) in [6.45, 7) is 0.733. The molecule has 2 aromatic rings. The average Bonchev–Trinajstić information content (AvgIpc) is 3.24. The first-order valence-corrected chi connectivity index (χ1v) is 7.96. The van der Waals surface area contributed by atoms with E-state index in [9.17, 15) is 0 Å². The van der Waals surface area contributed by atoms with E-state index >= 15 is 0 Å². The Balaban J connectivity index is 1.70. The summed E-state index contributed by atoms with van der Waals surface area (Å²) in [5.41, 5.74) is 0.891. The molecule has 0 amide bonds. The molecule has 1 fully saturated rings. The van der Waals surface area contributed by atoms with Crippen LogP contribution in [0.1, 0.15) is 18.5 Å². The second-order valence-electron chi connectivity index (χ2n) is 4.68. The lowest BCUT2D eigenvalue weighted by molar-refractivity contribution is 0.453. The molecule has 1 aliphatic rings. The Morgan fingerprint density at radius 1 is 1.25 bits per heavy atom. The number of halogens is 2. The van der Waals surface area contributed by atoms with Crippen LogP contribution in [0.25, 0.3) is 0 Å². The molecule has 20 heavy (non-hydrogen) atoms. The Morgan fingerprint density at radius 3 is 2.85 bits per heavy atom. The van der Waals surface area contributed by atoms with Gasteiger partial charge < -0.3 is 10.1 Å². The molecule has 1 aromatic carbocycles. The maximum atomic E-state index is 5.76. The summed E-state index contributed by atoms with van der Waals surface area (Å²) in [6, 6.07) is 6.39. The van der Waals surface area contributed by atoms with Crippen LogP contribution in [0.3, 0.4) is 0 Å². The van der Waals surface area contributed by atoms with Crippen molar-refractivity contribution in [3.63, 3.8) is 0 Å². The highest BCUT2D eigenvalue weighted by atomic mass is 79.9. The van der Waals surface area contributed by atoms with E-state index in [0.29, 0.717) is 11.9 Å². The van der Waals surface area contributed by atoms with E-state index in [1.54, 1.807) is 12.4 Å². The van der Waals surface area contributed by atoms with Crippen LogP contribution in [0.5, 0.6) is 11.6 Å². The van der Waals surface area contributed by atoms with Crippen molar-refractivity contribution in [2.24, 2.45) is 0 Å². The second-order valence-corrected chi connectivity index (χ2v) is 6.45. The van der Waals surface area contributed by atoms with Gasteiger partial charge in [-0.25, -0.2) is 4.98 Å². The Bertz CT molecular complexity index is 617. The number of benzene rings is 1. The summed E-state index contributed by atoms with van der Waals surface area (Å²) < 4.78 is 7.62. The van der Waals surface area contributed by atoms with Crippen LogP contribution < -0.4 is 10.1 Å². The third kappa shape index (κ3) is 3.77. The van der Waals surface area contributed by atoms with Crippen LogP contribution in [-0.4, -0.2) is 16.0 Å². The number of rotatable bonds is 5. The predicted octanol–water partition coefficient (Wildman–Crippen LogP) is 4.05. The van der Waals surface area contributed by atoms with Gasteiger partial charge in [-0.3, -0.25) is 4.98 Å². The van der Waals surface area contributed by atoms with Crippen LogP contribution in [0.4, 0.5) is 0 Å². The summed E-state index contributed by atoms with van der Waals surface area (Å²) in [5, 5.41) is 3.41. The molecule has 0 unspecified atom stereocenters. The number of ether oxygens (including phenoxy) is 1. The highest BCUT2D eigenvalue weighted by Crippen LogP contribution is 2.31. The number of nitrogens with one attached hydrogen (secondary N) is 1. The Kier molecular flexibility index (Phi) is 4.33. The van der Waals surface area contributed by atoms with Gasteiger partial charge in [-0.2, -0.15) is 0 Å². The largest absolute Gasteiger partial charge is 0.436 e. The molecule has 1 N–H and O–H groups in total. The van der Waals surface area contributed by atoms with Gasteiger partial charge in [-0.05, 0) is 47.0 Å². The highest BCUT2D eigenvalue weighted by Gasteiger charge is 2.20. The number of hydrogen-bond donors (Lipinski definition) is 1. The van der Waals surface area contributed by atoms with Crippen LogP contribution >= 0.6 is 31.9 Å². The van der Waals surface area contributed by atoms with Gasteiger partial charge in [0.1, 0.15) is 5.75 Å². The van der Waals surface area contributed by atoms with Gasteiger partial charge in [-0.15, -0.1) is 0 Å². The molecule has 104 valence electrons. The van der Waals surface area contributed by atoms with Gasteiger partial charge in [0.25, 0.3) is 0 Å². The van der Waals surface area contributed by atoms with E-state index in [-0.39, 0.29) is 0 Å². The zero-order chi connectivity index (χ0) is 13.9. The average molecular weight is 399 g/mol. The molecule has 1 saturated carbocycles. The van der Waals surface area contributed by atoms with Gasteiger partial charge in [0.2, 0.25) is 5.88 Å². The third-order valence-electron chi connectivity index (χ3n) is 2.92. The normalized spacial score (nSPS) is 14.3. The van der Waals surface area contributed by atoms with Crippen molar-refractivity contribution in [3.05, 3.63) is 45.2 Å². The first-order chi connectivity index (χ1) is 9.70. The fraction of sp³-hybridized carbons (Fsp3) is 0.286. The summed E-state index contributed by atoms with van der Waals surface area (Å²) >= 11 is 6.88. The molecule has 0 radical (unpaired) electrons. The van der Waals surface area contributed by atoms with Crippen molar-refractivity contribution < 1.29 is 4.74 Å². The van der Waals surface area contributed by atoms with Crippen molar-refractivity contribution in [2.45, 2.75) is 25.4 Å². The van der Waals surface area contributed by atoms with E-state index in [2.05, 4.69) is 47.1 Å². The van der Waals surface area contributed by atoms with Crippen molar-refractivity contribution in [1.82, 2.24) is 15.3 Å². The van der Waals surface area contributed by atoms with Crippen LogP contribution in [0.15, 0.2) is 39.5 Å². The molecular formula is C14H13Br2N3O. The molecular weight excluding hydrogens is 386 g/mol. The SMILES string of the molecule is Brc1ccc(Oc2cncc(CNC3CC3)n2)c(Br)c1. The molecule has 1 aromatic heterocycles.